The lowest BCUT2D eigenvalue weighted by Crippen LogP contribution is -2.20. The van der Waals surface area contributed by atoms with Gasteiger partial charge in [0.1, 0.15) is 5.75 Å². The Morgan fingerprint density at radius 3 is 2.73 bits per heavy atom. The molecule has 1 amide bonds. The molecular formula is C17H22N2O2S. The van der Waals surface area contributed by atoms with E-state index >= 15 is 0 Å². The Hall–Kier alpha value is -1.88. The van der Waals surface area contributed by atoms with Gasteiger partial charge < -0.3 is 4.74 Å². The number of aromatic nitrogens is 1. The summed E-state index contributed by atoms with van der Waals surface area (Å²) < 4.78 is 5.70. The molecule has 2 aromatic rings. The number of amides is 1. The third-order valence-corrected chi connectivity index (χ3v) is 4.68. The quantitative estimate of drug-likeness (QED) is 0.864. The maximum Gasteiger partial charge on any atom is 0.264 e. The van der Waals surface area contributed by atoms with Crippen molar-refractivity contribution in [1.29, 1.82) is 0 Å². The first-order valence-corrected chi connectivity index (χ1v) is 8.28. The molecule has 0 aliphatic rings. The summed E-state index contributed by atoms with van der Waals surface area (Å²) >= 11 is 1.48. The summed E-state index contributed by atoms with van der Waals surface area (Å²) in [7, 11) is 0. The van der Waals surface area contributed by atoms with Gasteiger partial charge in [-0.15, -0.1) is 11.3 Å². The fourth-order valence-corrected chi connectivity index (χ4v) is 2.89. The second kappa shape index (κ2) is 7.40. The van der Waals surface area contributed by atoms with Crippen LogP contribution in [0.5, 0.6) is 5.75 Å². The first kappa shape index (κ1) is 16.5. The van der Waals surface area contributed by atoms with Gasteiger partial charge in [0.2, 0.25) is 0 Å². The number of ether oxygens (including phenoxy) is 1. The monoisotopic (exact) mass is 318 g/mol. The zero-order chi connectivity index (χ0) is 16.1. The van der Waals surface area contributed by atoms with E-state index in [0.717, 1.165) is 28.3 Å². The Balaban J connectivity index is 1.96. The Morgan fingerprint density at radius 2 is 2.09 bits per heavy atom. The molecular weight excluding hydrogens is 296 g/mol. The Bertz CT molecular complexity index is 632. The SMILES string of the molecule is CCC(C)c1ccccc1OCC(=O)Nc1nc(C)c(C)s1. The summed E-state index contributed by atoms with van der Waals surface area (Å²) in [6.07, 6.45) is 1.03. The van der Waals surface area contributed by atoms with Gasteiger partial charge in [-0.25, -0.2) is 4.98 Å². The third kappa shape index (κ3) is 4.07. The number of carbonyl (C=O) groups is 1. The highest BCUT2D eigenvalue weighted by molar-refractivity contribution is 7.15. The smallest absolute Gasteiger partial charge is 0.264 e. The highest BCUT2D eigenvalue weighted by Crippen LogP contribution is 2.28. The minimum Gasteiger partial charge on any atom is -0.483 e. The van der Waals surface area contributed by atoms with E-state index in [4.69, 9.17) is 4.74 Å². The van der Waals surface area contributed by atoms with E-state index in [9.17, 15) is 4.79 Å². The van der Waals surface area contributed by atoms with Gasteiger partial charge in [0, 0.05) is 4.88 Å². The van der Waals surface area contributed by atoms with Crippen molar-refractivity contribution in [2.24, 2.45) is 0 Å². The van der Waals surface area contributed by atoms with Crippen LogP contribution in [0.4, 0.5) is 5.13 Å². The Kier molecular flexibility index (Phi) is 5.55. The van der Waals surface area contributed by atoms with Gasteiger partial charge in [-0.05, 0) is 37.8 Å². The molecule has 0 spiro atoms. The van der Waals surface area contributed by atoms with Crippen LogP contribution in [0.3, 0.4) is 0 Å². The van der Waals surface area contributed by atoms with Crippen LogP contribution in [0.25, 0.3) is 0 Å². The molecule has 0 saturated carbocycles. The molecule has 4 nitrogen and oxygen atoms in total. The number of thiazole rings is 1. The second-order valence-corrected chi connectivity index (χ2v) is 6.55. The average molecular weight is 318 g/mol. The van der Waals surface area contributed by atoms with Gasteiger partial charge in [0.25, 0.3) is 5.91 Å². The average Bonchev–Trinajstić information content (AvgIpc) is 2.82. The predicted octanol–water partition coefficient (Wildman–Crippen LogP) is 4.29. The van der Waals surface area contributed by atoms with Crippen molar-refractivity contribution in [2.45, 2.75) is 40.0 Å². The van der Waals surface area contributed by atoms with Crippen LogP contribution < -0.4 is 10.1 Å². The number of nitrogens with zero attached hydrogens (tertiary/aromatic N) is 1. The zero-order valence-corrected chi connectivity index (χ0v) is 14.3. The predicted molar refractivity (Wildman–Crippen MR) is 90.9 cm³/mol. The van der Waals surface area contributed by atoms with E-state index in [1.807, 2.05) is 32.0 Å². The molecule has 1 aromatic carbocycles. The fraction of sp³-hybridized carbons (Fsp3) is 0.412. The van der Waals surface area contributed by atoms with Crippen LogP contribution in [-0.2, 0) is 4.79 Å². The van der Waals surface area contributed by atoms with Gasteiger partial charge in [-0.2, -0.15) is 0 Å². The molecule has 1 unspecified atom stereocenters. The van der Waals surface area contributed by atoms with Crippen molar-refractivity contribution < 1.29 is 9.53 Å². The maximum atomic E-state index is 12.0. The summed E-state index contributed by atoms with van der Waals surface area (Å²) in [5, 5.41) is 3.40. The molecule has 118 valence electrons. The van der Waals surface area contributed by atoms with Gasteiger partial charge in [0.05, 0.1) is 5.69 Å². The van der Waals surface area contributed by atoms with E-state index < -0.39 is 0 Å². The topological polar surface area (TPSA) is 51.2 Å². The van der Waals surface area contributed by atoms with Crippen LogP contribution in [0.15, 0.2) is 24.3 Å². The summed E-state index contributed by atoms with van der Waals surface area (Å²) in [5.41, 5.74) is 2.09. The van der Waals surface area contributed by atoms with Crippen molar-refractivity contribution in [3.8, 4) is 5.75 Å². The molecule has 0 fully saturated rings. The molecule has 1 aromatic heterocycles. The molecule has 0 saturated heterocycles. The van der Waals surface area contributed by atoms with E-state index in [2.05, 4.69) is 30.2 Å². The van der Waals surface area contributed by atoms with E-state index in [1.54, 1.807) is 0 Å². The van der Waals surface area contributed by atoms with Gasteiger partial charge in [-0.1, -0.05) is 32.0 Å². The van der Waals surface area contributed by atoms with Crippen LogP contribution in [-0.4, -0.2) is 17.5 Å². The molecule has 0 aliphatic carbocycles. The van der Waals surface area contributed by atoms with Crippen LogP contribution >= 0.6 is 11.3 Å². The number of aryl methyl sites for hydroxylation is 2. The standard InChI is InChI=1S/C17H22N2O2S/c1-5-11(2)14-8-6-7-9-15(14)21-10-16(20)19-17-18-12(3)13(4)22-17/h6-9,11H,5,10H2,1-4H3,(H,18,19,20). The van der Waals surface area contributed by atoms with Crippen molar-refractivity contribution >= 4 is 22.4 Å². The summed E-state index contributed by atoms with van der Waals surface area (Å²) in [4.78, 5) is 17.4. The molecule has 0 aliphatic heterocycles. The van der Waals surface area contributed by atoms with E-state index in [0.29, 0.717) is 11.0 Å². The van der Waals surface area contributed by atoms with Gasteiger partial charge in [0.15, 0.2) is 11.7 Å². The number of anilines is 1. The highest BCUT2D eigenvalue weighted by atomic mass is 32.1. The first-order valence-electron chi connectivity index (χ1n) is 7.46. The van der Waals surface area contributed by atoms with Crippen LogP contribution in [0.1, 0.15) is 42.3 Å². The molecule has 1 heterocycles. The third-order valence-electron chi connectivity index (χ3n) is 3.70. The van der Waals surface area contributed by atoms with E-state index in [1.165, 1.54) is 11.3 Å². The number of para-hydroxylation sites is 1. The van der Waals surface area contributed by atoms with Gasteiger partial charge >= 0.3 is 0 Å². The number of carbonyl (C=O) groups excluding carboxylic acids is 1. The lowest BCUT2D eigenvalue weighted by molar-refractivity contribution is -0.118. The van der Waals surface area contributed by atoms with Crippen LogP contribution in [0, 0.1) is 13.8 Å². The minimum atomic E-state index is -0.187. The molecule has 0 radical (unpaired) electrons. The first-order chi connectivity index (χ1) is 10.5. The number of hydrogen-bond acceptors (Lipinski definition) is 4. The number of nitrogens with one attached hydrogen (secondary N) is 1. The molecule has 22 heavy (non-hydrogen) atoms. The highest BCUT2D eigenvalue weighted by Gasteiger charge is 2.12. The summed E-state index contributed by atoms with van der Waals surface area (Å²) in [6, 6.07) is 7.88. The van der Waals surface area contributed by atoms with E-state index in [-0.39, 0.29) is 12.5 Å². The molecule has 1 N–H and O–H groups in total. The van der Waals surface area contributed by atoms with Gasteiger partial charge in [-0.3, -0.25) is 10.1 Å². The lowest BCUT2D eigenvalue weighted by atomic mass is 9.98. The number of benzene rings is 1. The van der Waals surface area contributed by atoms with Crippen molar-refractivity contribution in [3.63, 3.8) is 0 Å². The minimum absolute atomic E-state index is 0.00881. The summed E-state index contributed by atoms with van der Waals surface area (Å²) in [6.45, 7) is 8.21. The van der Waals surface area contributed by atoms with Crippen molar-refractivity contribution in [3.05, 3.63) is 40.4 Å². The van der Waals surface area contributed by atoms with Crippen molar-refractivity contribution in [1.82, 2.24) is 4.98 Å². The summed E-state index contributed by atoms with van der Waals surface area (Å²) in [5.74, 6) is 0.995. The number of hydrogen-bond donors (Lipinski definition) is 1. The molecule has 0 bridgehead atoms. The van der Waals surface area contributed by atoms with Crippen LogP contribution in [0.2, 0.25) is 0 Å². The Labute approximate surface area is 135 Å². The second-order valence-electron chi connectivity index (χ2n) is 5.34. The fourth-order valence-electron chi connectivity index (χ4n) is 2.06. The largest absolute Gasteiger partial charge is 0.483 e. The maximum absolute atomic E-state index is 12.0. The molecule has 1 atom stereocenters. The lowest BCUT2D eigenvalue weighted by Gasteiger charge is -2.15. The molecule has 5 heteroatoms. The normalized spacial score (nSPS) is 12.0. The zero-order valence-electron chi connectivity index (χ0n) is 13.5. The Morgan fingerprint density at radius 1 is 1.36 bits per heavy atom. The van der Waals surface area contributed by atoms with Crippen molar-refractivity contribution in [2.75, 3.05) is 11.9 Å². The number of rotatable bonds is 6. The molecule has 2 rings (SSSR count).